The maximum Gasteiger partial charge on any atom is 0.0484 e. The van der Waals surface area contributed by atoms with Gasteiger partial charge in [-0.15, -0.1) is 11.8 Å². The Hall–Kier alpha value is -0.240. The standard InChI is InChI=1S/C10H19NS/c1-8(2)6-12-7-10(11-5)9(3)4/h7-9H,5-6H2,1-4H3/b10-7-. The predicted molar refractivity (Wildman–Crippen MR) is 59.8 cm³/mol. The van der Waals surface area contributed by atoms with Gasteiger partial charge in [0.15, 0.2) is 0 Å². The molecule has 0 spiro atoms. The summed E-state index contributed by atoms with van der Waals surface area (Å²) >= 11 is 1.83. The van der Waals surface area contributed by atoms with E-state index in [0.29, 0.717) is 5.92 Å². The topological polar surface area (TPSA) is 12.4 Å². The van der Waals surface area contributed by atoms with Gasteiger partial charge in [-0.1, -0.05) is 27.7 Å². The van der Waals surface area contributed by atoms with Crippen LogP contribution in [0.15, 0.2) is 16.1 Å². The molecule has 12 heavy (non-hydrogen) atoms. The zero-order chi connectivity index (χ0) is 9.56. The molecule has 0 aliphatic carbocycles. The number of rotatable bonds is 5. The van der Waals surface area contributed by atoms with Gasteiger partial charge in [0.05, 0.1) is 0 Å². The van der Waals surface area contributed by atoms with Gasteiger partial charge in [-0.3, -0.25) is 4.99 Å². The molecule has 0 N–H and O–H groups in total. The van der Waals surface area contributed by atoms with Crippen LogP contribution < -0.4 is 0 Å². The number of nitrogens with zero attached hydrogens (tertiary/aromatic N) is 1. The van der Waals surface area contributed by atoms with E-state index in [2.05, 4.69) is 44.8 Å². The zero-order valence-electron chi connectivity index (χ0n) is 8.50. The third kappa shape index (κ3) is 5.42. The van der Waals surface area contributed by atoms with Crippen LogP contribution in [0.4, 0.5) is 0 Å². The largest absolute Gasteiger partial charge is 0.268 e. The third-order valence-corrected chi connectivity index (χ3v) is 2.68. The Balaban J connectivity index is 3.86. The minimum atomic E-state index is 0.488. The fraction of sp³-hybridized carbons (Fsp3) is 0.700. The maximum atomic E-state index is 3.97. The minimum absolute atomic E-state index is 0.488. The molecule has 0 aromatic rings. The number of allylic oxidation sites excluding steroid dienone is 1. The smallest absolute Gasteiger partial charge is 0.0484 e. The Morgan fingerprint density at radius 3 is 2.33 bits per heavy atom. The van der Waals surface area contributed by atoms with Crippen LogP contribution >= 0.6 is 11.8 Å². The molecule has 0 atom stereocenters. The highest BCUT2D eigenvalue weighted by atomic mass is 32.2. The summed E-state index contributed by atoms with van der Waals surface area (Å²) in [4.78, 5) is 3.97. The SMILES string of the molecule is C=N/C(=C\SCC(C)C)C(C)C. The van der Waals surface area contributed by atoms with Crippen molar-refractivity contribution < 1.29 is 0 Å². The molecule has 0 amide bonds. The summed E-state index contributed by atoms with van der Waals surface area (Å²) < 4.78 is 0. The second-order valence-electron chi connectivity index (χ2n) is 3.58. The van der Waals surface area contributed by atoms with Crippen LogP contribution in [-0.4, -0.2) is 12.5 Å². The van der Waals surface area contributed by atoms with E-state index < -0.39 is 0 Å². The Labute approximate surface area is 80.4 Å². The molecule has 0 aliphatic rings. The Kier molecular flexibility index (Phi) is 6.17. The first-order valence-electron chi connectivity index (χ1n) is 4.36. The molecule has 70 valence electrons. The van der Waals surface area contributed by atoms with E-state index in [1.54, 1.807) is 0 Å². The number of hydrogen-bond donors (Lipinski definition) is 0. The summed E-state index contributed by atoms with van der Waals surface area (Å²) in [5, 5.41) is 2.12. The normalized spacial score (nSPS) is 12.7. The van der Waals surface area contributed by atoms with E-state index in [9.17, 15) is 0 Å². The number of aliphatic imine (C=N–C) groups is 1. The summed E-state index contributed by atoms with van der Waals surface area (Å²) in [6, 6.07) is 0. The molecular formula is C10H19NS. The van der Waals surface area contributed by atoms with E-state index in [0.717, 1.165) is 17.4 Å². The molecule has 0 aliphatic heterocycles. The molecule has 0 aromatic carbocycles. The Bertz CT molecular complexity index is 159. The molecule has 0 aromatic heterocycles. The highest BCUT2D eigenvalue weighted by Gasteiger charge is 1.99. The lowest BCUT2D eigenvalue weighted by atomic mass is 10.2. The molecule has 0 radical (unpaired) electrons. The number of hydrogen-bond acceptors (Lipinski definition) is 2. The molecular weight excluding hydrogens is 166 g/mol. The minimum Gasteiger partial charge on any atom is -0.268 e. The van der Waals surface area contributed by atoms with Crippen molar-refractivity contribution in [1.29, 1.82) is 0 Å². The average molecular weight is 185 g/mol. The summed E-state index contributed by atoms with van der Waals surface area (Å²) in [6.07, 6.45) is 0. The van der Waals surface area contributed by atoms with Gasteiger partial charge < -0.3 is 0 Å². The quantitative estimate of drug-likeness (QED) is 0.596. The van der Waals surface area contributed by atoms with Crippen LogP contribution in [-0.2, 0) is 0 Å². The van der Waals surface area contributed by atoms with E-state index in [1.165, 1.54) is 0 Å². The Morgan fingerprint density at radius 1 is 1.42 bits per heavy atom. The van der Waals surface area contributed by atoms with Crippen molar-refractivity contribution in [3.05, 3.63) is 11.1 Å². The monoisotopic (exact) mass is 185 g/mol. The van der Waals surface area contributed by atoms with Crippen LogP contribution in [0.5, 0.6) is 0 Å². The predicted octanol–water partition coefficient (Wildman–Crippen LogP) is 3.57. The van der Waals surface area contributed by atoms with Crippen LogP contribution in [0, 0.1) is 11.8 Å². The third-order valence-electron chi connectivity index (χ3n) is 1.41. The molecule has 0 saturated heterocycles. The van der Waals surface area contributed by atoms with Crippen molar-refractivity contribution in [2.75, 3.05) is 5.75 Å². The second kappa shape index (κ2) is 6.30. The first kappa shape index (κ1) is 11.8. The molecule has 0 fully saturated rings. The molecule has 2 heteroatoms. The molecule has 1 nitrogen and oxygen atoms in total. The van der Waals surface area contributed by atoms with Gasteiger partial charge in [-0.25, -0.2) is 0 Å². The van der Waals surface area contributed by atoms with Crippen LogP contribution in [0.25, 0.3) is 0 Å². The highest BCUT2D eigenvalue weighted by Crippen LogP contribution is 2.17. The lowest BCUT2D eigenvalue weighted by Crippen LogP contribution is -1.91. The Morgan fingerprint density at radius 2 is 2.00 bits per heavy atom. The van der Waals surface area contributed by atoms with Gasteiger partial charge in [-0.05, 0) is 29.7 Å². The van der Waals surface area contributed by atoms with Gasteiger partial charge in [0.1, 0.15) is 0 Å². The summed E-state index contributed by atoms with van der Waals surface area (Å²) in [7, 11) is 0. The van der Waals surface area contributed by atoms with Gasteiger partial charge in [0, 0.05) is 5.70 Å². The van der Waals surface area contributed by atoms with Gasteiger partial charge in [0.2, 0.25) is 0 Å². The number of thioether (sulfide) groups is 1. The van der Waals surface area contributed by atoms with Crippen molar-refractivity contribution in [3.63, 3.8) is 0 Å². The second-order valence-corrected chi connectivity index (χ2v) is 4.49. The van der Waals surface area contributed by atoms with Crippen molar-refractivity contribution in [1.82, 2.24) is 0 Å². The van der Waals surface area contributed by atoms with Crippen molar-refractivity contribution in [2.45, 2.75) is 27.7 Å². The van der Waals surface area contributed by atoms with Gasteiger partial charge >= 0.3 is 0 Å². The van der Waals surface area contributed by atoms with E-state index in [-0.39, 0.29) is 0 Å². The lowest BCUT2D eigenvalue weighted by Gasteiger charge is -2.05. The first-order chi connectivity index (χ1) is 5.57. The van der Waals surface area contributed by atoms with Crippen LogP contribution in [0.1, 0.15) is 27.7 Å². The highest BCUT2D eigenvalue weighted by molar-refractivity contribution is 8.02. The fourth-order valence-corrected chi connectivity index (χ4v) is 1.68. The fourth-order valence-electron chi connectivity index (χ4n) is 0.682. The van der Waals surface area contributed by atoms with Gasteiger partial charge in [-0.2, -0.15) is 0 Å². The summed E-state index contributed by atoms with van der Waals surface area (Å²) in [6.45, 7) is 12.3. The van der Waals surface area contributed by atoms with E-state index in [1.807, 2.05) is 11.8 Å². The molecule has 0 heterocycles. The molecule has 0 unspecified atom stereocenters. The average Bonchev–Trinajstić information content (AvgIpc) is 1.96. The van der Waals surface area contributed by atoms with Crippen LogP contribution in [0.2, 0.25) is 0 Å². The molecule has 0 rings (SSSR count). The molecule has 0 saturated carbocycles. The van der Waals surface area contributed by atoms with Crippen molar-refractivity contribution >= 4 is 18.5 Å². The van der Waals surface area contributed by atoms with E-state index >= 15 is 0 Å². The van der Waals surface area contributed by atoms with E-state index in [4.69, 9.17) is 0 Å². The zero-order valence-corrected chi connectivity index (χ0v) is 9.32. The summed E-state index contributed by atoms with van der Waals surface area (Å²) in [5.74, 6) is 2.39. The van der Waals surface area contributed by atoms with Gasteiger partial charge in [0.25, 0.3) is 0 Å². The maximum absolute atomic E-state index is 3.97. The first-order valence-corrected chi connectivity index (χ1v) is 5.41. The van der Waals surface area contributed by atoms with Crippen LogP contribution in [0.3, 0.4) is 0 Å². The van der Waals surface area contributed by atoms with Crippen molar-refractivity contribution in [3.8, 4) is 0 Å². The molecule has 0 bridgehead atoms. The lowest BCUT2D eigenvalue weighted by molar-refractivity contribution is 0.749. The summed E-state index contributed by atoms with van der Waals surface area (Å²) in [5.41, 5.74) is 1.10. The van der Waals surface area contributed by atoms with Crippen molar-refractivity contribution in [2.24, 2.45) is 16.8 Å².